The van der Waals surface area contributed by atoms with Gasteiger partial charge in [0.25, 0.3) is 0 Å². The van der Waals surface area contributed by atoms with E-state index in [1.807, 2.05) is 0 Å². The molecule has 1 aliphatic heterocycles. The number of hydrogen-bond acceptors (Lipinski definition) is 8. The third-order valence-corrected chi connectivity index (χ3v) is 3.43. The highest BCUT2D eigenvalue weighted by Crippen LogP contribution is 2.28. The van der Waals surface area contributed by atoms with Crippen molar-refractivity contribution >= 4 is 35.4 Å². The molecule has 136 valence electrons. The molecular weight excluding hydrogens is 346 g/mol. The van der Waals surface area contributed by atoms with Crippen molar-refractivity contribution in [2.75, 3.05) is 6.61 Å². The Labute approximate surface area is 143 Å². The Kier molecular flexibility index (Phi) is 7.43. The van der Waals surface area contributed by atoms with Gasteiger partial charge in [-0.05, 0) is 0 Å². The molecule has 0 aliphatic carbocycles. The number of carbonyl (C=O) groups excluding carboxylic acids is 4. The molecule has 0 spiro atoms. The smallest absolute Gasteiger partial charge is 0.303 e. The molecule has 0 aromatic heterocycles. The van der Waals surface area contributed by atoms with Crippen LogP contribution in [0.3, 0.4) is 0 Å². The minimum Gasteiger partial charge on any atom is -0.463 e. The molecule has 24 heavy (non-hydrogen) atoms. The first-order valence-corrected chi connectivity index (χ1v) is 7.60. The molecule has 5 atom stereocenters. The zero-order valence-electron chi connectivity index (χ0n) is 13.7. The van der Waals surface area contributed by atoms with Gasteiger partial charge in [-0.2, -0.15) is 0 Å². The normalized spacial score (nSPS) is 29.3. The van der Waals surface area contributed by atoms with Crippen LogP contribution in [0.2, 0.25) is 0 Å². The molecule has 0 bridgehead atoms. The van der Waals surface area contributed by atoms with Crippen LogP contribution in [0, 0.1) is 0 Å². The first-order chi connectivity index (χ1) is 11.1. The van der Waals surface area contributed by atoms with Crippen molar-refractivity contribution in [1.29, 1.82) is 0 Å². The fraction of sp³-hybridized carbons (Fsp3) is 0.714. The molecule has 1 saturated heterocycles. The number of esters is 3. The van der Waals surface area contributed by atoms with Crippen LogP contribution in [-0.4, -0.2) is 60.3 Å². The molecule has 0 aromatic carbocycles. The summed E-state index contributed by atoms with van der Waals surface area (Å²) in [5, 5.41) is 2.50. The molecule has 1 aliphatic rings. The minimum absolute atomic E-state index is 0.263. The van der Waals surface area contributed by atoms with Crippen molar-refractivity contribution in [2.24, 2.45) is 0 Å². The summed E-state index contributed by atoms with van der Waals surface area (Å²) < 4.78 is 20.7. The summed E-state index contributed by atoms with van der Waals surface area (Å²) in [6.07, 6.45) is -3.18. The first kappa shape index (κ1) is 20.2. The van der Waals surface area contributed by atoms with Gasteiger partial charge in [0.05, 0.1) is 0 Å². The van der Waals surface area contributed by atoms with Crippen molar-refractivity contribution in [3.63, 3.8) is 0 Å². The summed E-state index contributed by atoms with van der Waals surface area (Å²) >= 11 is 6.11. The lowest BCUT2D eigenvalue weighted by Gasteiger charge is -2.43. The molecule has 0 aromatic rings. The highest BCUT2D eigenvalue weighted by atomic mass is 35.5. The second-order valence-electron chi connectivity index (χ2n) is 5.20. The van der Waals surface area contributed by atoms with Crippen molar-refractivity contribution in [3.05, 3.63) is 0 Å². The zero-order valence-corrected chi connectivity index (χ0v) is 14.5. The molecule has 9 nitrogen and oxygen atoms in total. The topological polar surface area (TPSA) is 117 Å². The van der Waals surface area contributed by atoms with E-state index in [0.29, 0.717) is 0 Å². The van der Waals surface area contributed by atoms with E-state index >= 15 is 0 Å². The third-order valence-electron chi connectivity index (χ3n) is 3.06. The molecule has 10 heteroatoms. The van der Waals surface area contributed by atoms with E-state index < -0.39 is 53.7 Å². The second-order valence-corrected chi connectivity index (χ2v) is 5.63. The lowest BCUT2D eigenvalue weighted by molar-refractivity contribution is -0.212. The van der Waals surface area contributed by atoms with Gasteiger partial charge in [-0.3, -0.25) is 19.2 Å². The van der Waals surface area contributed by atoms with Gasteiger partial charge >= 0.3 is 17.9 Å². The summed E-state index contributed by atoms with van der Waals surface area (Å²) in [7, 11) is 0. The second kappa shape index (κ2) is 8.84. The molecule has 1 rings (SSSR count). The molecule has 1 fully saturated rings. The minimum atomic E-state index is -1.11. The van der Waals surface area contributed by atoms with Gasteiger partial charge in [0.15, 0.2) is 17.8 Å². The molecule has 1 heterocycles. The number of hydrogen-bond donors (Lipinski definition) is 1. The highest BCUT2D eigenvalue weighted by Gasteiger charge is 2.50. The SMILES string of the molecule is CC(=O)N[C@H]1C(OC(C)=O)[C@H](OC(C)=O)C(COC(C)=O)O[C@@H]1Cl. The van der Waals surface area contributed by atoms with Crippen LogP contribution in [0.4, 0.5) is 0 Å². The van der Waals surface area contributed by atoms with E-state index in [2.05, 4.69) is 5.32 Å². The van der Waals surface area contributed by atoms with Crippen LogP contribution < -0.4 is 5.32 Å². The van der Waals surface area contributed by atoms with Gasteiger partial charge in [0, 0.05) is 27.7 Å². The van der Waals surface area contributed by atoms with Crippen molar-refractivity contribution in [2.45, 2.75) is 57.6 Å². The van der Waals surface area contributed by atoms with Gasteiger partial charge in [-0.1, -0.05) is 11.6 Å². The van der Waals surface area contributed by atoms with Gasteiger partial charge < -0.3 is 24.3 Å². The van der Waals surface area contributed by atoms with E-state index in [1.54, 1.807) is 0 Å². The highest BCUT2D eigenvalue weighted by molar-refractivity contribution is 6.20. The molecule has 0 radical (unpaired) electrons. The monoisotopic (exact) mass is 365 g/mol. The lowest BCUT2D eigenvalue weighted by atomic mass is 9.97. The maximum Gasteiger partial charge on any atom is 0.303 e. The predicted molar refractivity (Wildman–Crippen MR) is 79.9 cm³/mol. The average molecular weight is 366 g/mol. The third kappa shape index (κ3) is 5.97. The van der Waals surface area contributed by atoms with Crippen molar-refractivity contribution in [3.8, 4) is 0 Å². The standard InChI is InChI=1S/C14H20ClNO8/c1-6(17)16-11-13(23-9(4)20)12(22-8(3)19)10(24-14(11)15)5-21-7(2)18/h10-14H,5H2,1-4H3,(H,16,17)/t10?,11-,12+,13?,14-/m0/s1. The Morgan fingerprint density at radius 1 is 0.958 bits per heavy atom. The van der Waals surface area contributed by atoms with E-state index in [4.69, 9.17) is 30.5 Å². The Bertz CT molecular complexity index is 511. The van der Waals surface area contributed by atoms with Gasteiger partial charge in [-0.15, -0.1) is 0 Å². The van der Waals surface area contributed by atoms with Crippen LogP contribution >= 0.6 is 11.6 Å². The summed E-state index contributed by atoms with van der Waals surface area (Å²) in [6, 6.07) is -0.953. The van der Waals surface area contributed by atoms with Gasteiger partial charge in [0.2, 0.25) is 5.91 Å². The molecule has 2 unspecified atom stereocenters. The fourth-order valence-corrected chi connectivity index (χ4v) is 2.62. The lowest BCUT2D eigenvalue weighted by Crippen LogP contribution is -2.64. The maximum atomic E-state index is 11.4. The maximum absolute atomic E-state index is 11.4. The molecule has 1 amide bonds. The molecular formula is C14H20ClNO8. The number of alkyl halides is 1. The Morgan fingerprint density at radius 2 is 1.50 bits per heavy atom. The summed E-state index contributed by atoms with van der Waals surface area (Å²) in [6.45, 7) is 4.51. The van der Waals surface area contributed by atoms with Crippen molar-refractivity contribution < 1.29 is 38.1 Å². The largest absolute Gasteiger partial charge is 0.463 e. The number of nitrogens with one attached hydrogen (secondary N) is 1. The number of halogens is 1. The van der Waals surface area contributed by atoms with Crippen LogP contribution in [0.25, 0.3) is 0 Å². The fourth-order valence-electron chi connectivity index (χ4n) is 2.28. The van der Waals surface area contributed by atoms with Gasteiger partial charge in [-0.25, -0.2) is 0 Å². The van der Waals surface area contributed by atoms with Crippen LogP contribution in [0.1, 0.15) is 27.7 Å². The Hall–Kier alpha value is -1.87. The van der Waals surface area contributed by atoms with E-state index in [1.165, 1.54) is 13.8 Å². The summed E-state index contributed by atoms with van der Waals surface area (Å²) in [5.41, 5.74) is -1.09. The number of ether oxygens (including phenoxy) is 4. The van der Waals surface area contributed by atoms with Crippen LogP contribution in [0.5, 0.6) is 0 Å². The predicted octanol–water partition coefficient (Wildman–Crippen LogP) is -0.119. The number of rotatable bonds is 5. The van der Waals surface area contributed by atoms with E-state index in [9.17, 15) is 19.2 Å². The quantitative estimate of drug-likeness (QED) is 0.407. The van der Waals surface area contributed by atoms with Crippen molar-refractivity contribution in [1.82, 2.24) is 5.32 Å². The number of carbonyl (C=O) groups is 4. The van der Waals surface area contributed by atoms with E-state index in [0.717, 1.165) is 13.8 Å². The first-order valence-electron chi connectivity index (χ1n) is 7.16. The molecule has 1 N–H and O–H groups in total. The molecule has 0 saturated carbocycles. The van der Waals surface area contributed by atoms with Gasteiger partial charge in [0.1, 0.15) is 18.8 Å². The summed E-state index contributed by atoms with van der Waals surface area (Å²) in [5.74, 6) is -2.33. The van der Waals surface area contributed by atoms with Crippen LogP contribution in [-0.2, 0) is 38.1 Å². The van der Waals surface area contributed by atoms with Crippen LogP contribution in [0.15, 0.2) is 0 Å². The number of amides is 1. The Balaban J connectivity index is 3.11. The average Bonchev–Trinajstić information content (AvgIpc) is 2.42. The zero-order chi connectivity index (χ0) is 18.4. The van der Waals surface area contributed by atoms with E-state index in [-0.39, 0.29) is 6.61 Å². The Morgan fingerprint density at radius 3 is 1.96 bits per heavy atom. The summed E-state index contributed by atoms with van der Waals surface area (Å²) in [4.78, 5) is 45.2.